The second kappa shape index (κ2) is 17.1. The first-order valence-electron chi connectivity index (χ1n) is 17.4. The standard InChI is InChI=1S/C37H48N4O7/c1-2-47-37(46)40-20-12-18-30(26-40)25-31-33(35(44)48-27-29-16-9-4-10-17-29)41(34(31)43)36(45)39-23-21-38(22-24-39)32(42)19-11-5-8-15-28-13-6-3-7-14-28/h3-4,6-7,9-10,13-14,16-17,30-31,33H,2,5,8,11-12,15,18-27H2,1H3/t30?,31-,33?/m1/s1. The number of ether oxygens (including phenoxy) is 2. The van der Waals surface area contributed by atoms with E-state index in [1.165, 1.54) is 5.56 Å². The van der Waals surface area contributed by atoms with Crippen LogP contribution in [0.4, 0.5) is 9.59 Å². The lowest BCUT2D eigenvalue weighted by atomic mass is 9.78. The maximum Gasteiger partial charge on any atom is 0.409 e. The lowest BCUT2D eigenvalue weighted by Gasteiger charge is -2.48. The van der Waals surface area contributed by atoms with Gasteiger partial charge in [-0.2, -0.15) is 0 Å². The van der Waals surface area contributed by atoms with Gasteiger partial charge >= 0.3 is 18.1 Å². The number of rotatable bonds is 12. The number of urea groups is 1. The molecule has 258 valence electrons. The van der Waals surface area contributed by atoms with E-state index in [4.69, 9.17) is 9.47 Å². The van der Waals surface area contributed by atoms with Gasteiger partial charge in [0.2, 0.25) is 11.8 Å². The summed E-state index contributed by atoms with van der Waals surface area (Å²) in [7, 11) is 0. The Hall–Kier alpha value is -4.41. The van der Waals surface area contributed by atoms with Crippen LogP contribution < -0.4 is 0 Å². The number of hydrogen-bond acceptors (Lipinski definition) is 7. The summed E-state index contributed by atoms with van der Waals surface area (Å²) in [6.07, 6.45) is 5.87. The normalized spacial score (nSPS) is 21.0. The lowest BCUT2D eigenvalue weighted by Crippen LogP contribution is -2.70. The van der Waals surface area contributed by atoms with E-state index in [1.807, 2.05) is 48.5 Å². The Bertz CT molecular complexity index is 1400. The quantitative estimate of drug-likeness (QED) is 0.181. The Kier molecular flexibility index (Phi) is 12.5. The molecule has 2 aromatic carbocycles. The zero-order valence-corrected chi connectivity index (χ0v) is 28.0. The van der Waals surface area contributed by atoms with Gasteiger partial charge in [-0.15, -0.1) is 0 Å². The summed E-state index contributed by atoms with van der Waals surface area (Å²) in [6.45, 7) is 4.44. The van der Waals surface area contributed by atoms with Crippen molar-refractivity contribution in [3.8, 4) is 0 Å². The molecule has 3 saturated heterocycles. The number of piperazine rings is 1. The maximum atomic E-state index is 13.7. The van der Waals surface area contributed by atoms with Crippen molar-refractivity contribution in [1.82, 2.24) is 19.6 Å². The summed E-state index contributed by atoms with van der Waals surface area (Å²) in [5.74, 6) is -1.66. The van der Waals surface area contributed by atoms with Crippen LogP contribution in [0.5, 0.6) is 0 Å². The van der Waals surface area contributed by atoms with Gasteiger partial charge in [0, 0.05) is 45.7 Å². The third kappa shape index (κ3) is 8.93. The van der Waals surface area contributed by atoms with Crippen LogP contribution in [0.2, 0.25) is 0 Å². The van der Waals surface area contributed by atoms with E-state index < -0.39 is 29.9 Å². The number of benzene rings is 2. The zero-order chi connectivity index (χ0) is 33.9. The fourth-order valence-corrected chi connectivity index (χ4v) is 6.96. The number of β-lactam (4-membered cyclic amide) rings is 1. The molecule has 0 aliphatic carbocycles. The van der Waals surface area contributed by atoms with Crippen LogP contribution in [0.25, 0.3) is 0 Å². The maximum absolute atomic E-state index is 13.7. The van der Waals surface area contributed by atoms with Crippen LogP contribution in [0.3, 0.4) is 0 Å². The second-order valence-electron chi connectivity index (χ2n) is 12.9. The molecule has 5 rings (SSSR count). The number of esters is 1. The molecule has 5 amide bonds. The van der Waals surface area contributed by atoms with E-state index in [2.05, 4.69) is 12.1 Å². The fourth-order valence-electron chi connectivity index (χ4n) is 6.96. The highest BCUT2D eigenvalue weighted by molar-refractivity contribution is 6.07. The molecule has 0 saturated carbocycles. The summed E-state index contributed by atoms with van der Waals surface area (Å²) in [5, 5.41) is 0. The van der Waals surface area contributed by atoms with Gasteiger partial charge < -0.3 is 24.2 Å². The van der Waals surface area contributed by atoms with E-state index in [0.29, 0.717) is 39.0 Å². The second-order valence-corrected chi connectivity index (χ2v) is 12.9. The number of hydrogen-bond donors (Lipinski definition) is 0. The van der Waals surface area contributed by atoms with Crippen molar-refractivity contribution in [2.24, 2.45) is 11.8 Å². The molecule has 0 radical (unpaired) electrons. The molecule has 0 spiro atoms. The summed E-state index contributed by atoms with van der Waals surface area (Å²) >= 11 is 0. The predicted octanol–water partition coefficient (Wildman–Crippen LogP) is 4.88. The topological polar surface area (TPSA) is 117 Å². The van der Waals surface area contributed by atoms with Crippen molar-refractivity contribution in [1.29, 1.82) is 0 Å². The SMILES string of the molecule is CCOC(=O)N1CCCC(C[C@H]2C(=O)N(C(=O)N3CCN(C(=O)CCCCCc4ccccc4)CC3)C2C(=O)OCc2ccccc2)C1. The number of aryl methyl sites for hydroxylation is 1. The number of piperidine rings is 1. The van der Waals surface area contributed by atoms with Gasteiger partial charge in [0.15, 0.2) is 6.04 Å². The monoisotopic (exact) mass is 660 g/mol. The first-order chi connectivity index (χ1) is 23.4. The van der Waals surface area contributed by atoms with Gasteiger partial charge in [0.05, 0.1) is 12.5 Å². The number of likely N-dealkylation sites (tertiary alicyclic amines) is 2. The van der Waals surface area contributed by atoms with Crippen molar-refractivity contribution >= 4 is 29.9 Å². The highest BCUT2D eigenvalue weighted by Gasteiger charge is 2.57. The Morgan fingerprint density at radius 2 is 1.44 bits per heavy atom. The molecule has 2 aromatic rings. The summed E-state index contributed by atoms with van der Waals surface area (Å²) < 4.78 is 10.8. The first kappa shape index (κ1) is 34.9. The molecule has 0 aromatic heterocycles. The van der Waals surface area contributed by atoms with E-state index in [0.717, 1.165) is 49.0 Å². The van der Waals surface area contributed by atoms with Crippen molar-refractivity contribution < 1.29 is 33.4 Å². The molecule has 2 unspecified atom stereocenters. The molecule has 11 heteroatoms. The van der Waals surface area contributed by atoms with Crippen molar-refractivity contribution in [3.05, 3.63) is 71.8 Å². The number of carbonyl (C=O) groups excluding carboxylic acids is 5. The number of amides is 5. The van der Waals surface area contributed by atoms with E-state index >= 15 is 0 Å². The third-order valence-electron chi connectivity index (χ3n) is 9.62. The molecule has 3 atom stereocenters. The molecule has 0 N–H and O–H groups in total. The highest BCUT2D eigenvalue weighted by Crippen LogP contribution is 2.37. The molecule has 3 aliphatic rings. The summed E-state index contributed by atoms with van der Waals surface area (Å²) in [5.41, 5.74) is 2.11. The molecular weight excluding hydrogens is 612 g/mol. The van der Waals surface area contributed by atoms with Gasteiger partial charge in [-0.25, -0.2) is 19.3 Å². The molecule has 3 fully saturated rings. The van der Waals surface area contributed by atoms with E-state index in [-0.39, 0.29) is 44.2 Å². The van der Waals surface area contributed by atoms with Crippen LogP contribution in [0.1, 0.15) is 63.0 Å². The minimum absolute atomic E-state index is 0.00771. The Morgan fingerprint density at radius 1 is 0.771 bits per heavy atom. The number of imide groups is 1. The number of nitrogens with zero attached hydrogens (tertiary/aromatic N) is 4. The third-order valence-corrected chi connectivity index (χ3v) is 9.62. The van der Waals surface area contributed by atoms with Gasteiger partial charge in [-0.1, -0.05) is 67.1 Å². The van der Waals surface area contributed by atoms with E-state index in [9.17, 15) is 24.0 Å². The molecule has 3 heterocycles. The Labute approximate surface area is 283 Å². The smallest absolute Gasteiger partial charge is 0.409 e. The number of unbranched alkanes of at least 4 members (excludes halogenated alkanes) is 2. The first-order valence-corrected chi connectivity index (χ1v) is 17.4. The minimum Gasteiger partial charge on any atom is -0.459 e. The van der Waals surface area contributed by atoms with Crippen molar-refractivity contribution in [3.63, 3.8) is 0 Å². The minimum atomic E-state index is -1.04. The van der Waals surface area contributed by atoms with Crippen LogP contribution in [0, 0.1) is 11.8 Å². The van der Waals surface area contributed by atoms with Gasteiger partial charge in [-0.3, -0.25) is 9.59 Å². The van der Waals surface area contributed by atoms with Gasteiger partial charge in [-0.05, 0) is 62.5 Å². The van der Waals surface area contributed by atoms with Crippen LogP contribution in [0.15, 0.2) is 60.7 Å². The average Bonchev–Trinajstić information content (AvgIpc) is 3.12. The number of carbonyl (C=O) groups is 5. The zero-order valence-electron chi connectivity index (χ0n) is 28.0. The Morgan fingerprint density at radius 3 is 2.12 bits per heavy atom. The van der Waals surface area contributed by atoms with Crippen molar-refractivity contribution in [2.75, 3.05) is 45.9 Å². The molecule has 3 aliphatic heterocycles. The summed E-state index contributed by atoms with van der Waals surface area (Å²) in [6, 6.07) is 18.0. The van der Waals surface area contributed by atoms with Crippen LogP contribution in [-0.2, 0) is 36.9 Å². The molecular formula is C37H48N4O7. The fraction of sp³-hybridized carbons (Fsp3) is 0.541. The molecule has 0 bridgehead atoms. The average molecular weight is 661 g/mol. The Balaban J connectivity index is 1.14. The van der Waals surface area contributed by atoms with Gasteiger partial charge in [0.25, 0.3) is 0 Å². The molecule has 11 nitrogen and oxygen atoms in total. The highest BCUT2D eigenvalue weighted by atomic mass is 16.6. The van der Waals surface area contributed by atoms with Crippen LogP contribution in [-0.4, -0.2) is 101 Å². The lowest BCUT2D eigenvalue weighted by molar-refractivity contribution is -0.172. The molecule has 48 heavy (non-hydrogen) atoms. The van der Waals surface area contributed by atoms with E-state index in [1.54, 1.807) is 21.6 Å². The van der Waals surface area contributed by atoms with Crippen molar-refractivity contribution in [2.45, 2.75) is 70.9 Å². The predicted molar refractivity (Wildman–Crippen MR) is 178 cm³/mol. The summed E-state index contributed by atoms with van der Waals surface area (Å²) in [4.78, 5) is 72.1. The van der Waals surface area contributed by atoms with Crippen LogP contribution >= 0.6 is 0 Å². The largest absolute Gasteiger partial charge is 0.459 e. The van der Waals surface area contributed by atoms with Gasteiger partial charge in [0.1, 0.15) is 6.61 Å².